The molecule has 2 aliphatic heterocycles. The van der Waals surface area contributed by atoms with E-state index < -0.39 is 89.9 Å². The first kappa shape index (κ1) is 44.3. The van der Waals surface area contributed by atoms with Gasteiger partial charge >= 0.3 is 10.4 Å². The molecule has 0 aromatic heterocycles. The molecule has 5 aliphatic carbocycles. The Morgan fingerprint density at radius 1 is 0.772 bits per heavy atom. The van der Waals surface area contributed by atoms with E-state index in [1.807, 2.05) is 0 Å². The third-order valence-electron chi connectivity index (χ3n) is 17.7. The second kappa shape index (κ2) is 15.2. The van der Waals surface area contributed by atoms with Crippen molar-refractivity contribution in [2.24, 2.45) is 56.7 Å². The second-order valence-electron chi connectivity index (χ2n) is 20.7. The minimum Gasteiger partial charge on any atom is -0.395 e. The van der Waals surface area contributed by atoms with Crippen LogP contribution in [0.2, 0.25) is 0 Å². The lowest BCUT2D eigenvalue weighted by molar-refractivity contribution is -0.362. The van der Waals surface area contributed by atoms with E-state index in [9.17, 15) is 43.6 Å². The molecule has 6 fully saturated rings. The van der Waals surface area contributed by atoms with Gasteiger partial charge in [-0.1, -0.05) is 60.1 Å². The summed E-state index contributed by atoms with van der Waals surface area (Å²) < 4.78 is 63.3. The lowest BCUT2D eigenvalue weighted by atomic mass is 9.33. The van der Waals surface area contributed by atoms with Crippen molar-refractivity contribution < 1.29 is 66.7 Å². The Bertz CT molecular complexity index is 1620. The highest BCUT2D eigenvalue weighted by atomic mass is 32.3. The molecule has 0 bridgehead atoms. The third kappa shape index (κ3) is 6.93. The third-order valence-corrected chi connectivity index (χ3v) is 18.2. The SMILES string of the molecule is C[C@H]1[C@H](C)CC[C@]2(C)CC[C@]3(CO)C(=CC[C@@H]4[C@@]5(C)CC[C@H](O[C@@H]6O[C@H](C)[C@@H](O[C@@H]7O[C@H](CO)[C@@H](O)[C@H](O)[C@H]7O)[C@H](O)[C@H]6OS(=O)(=O)O)C(C)(C)[C@@H]5CC[C@]43C)[C@H]12. The number of allylic oxidation sites excluding steroid dienone is 1. The molecule has 7 aliphatic rings. The largest absolute Gasteiger partial charge is 0.397 e. The van der Waals surface area contributed by atoms with E-state index in [-0.39, 0.29) is 34.2 Å². The van der Waals surface area contributed by atoms with Crippen LogP contribution >= 0.6 is 0 Å². The van der Waals surface area contributed by atoms with E-state index >= 15 is 0 Å². The van der Waals surface area contributed by atoms with Crippen LogP contribution in [0, 0.1) is 56.7 Å². The quantitative estimate of drug-likeness (QED) is 0.106. The van der Waals surface area contributed by atoms with Gasteiger partial charge < -0.3 is 49.6 Å². The molecule has 2 saturated heterocycles. The minimum atomic E-state index is -5.15. The Labute approximate surface area is 338 Å². The van der Waals surface area contributed by atoms with Crippen LogP contribution in [0.25, 0.3) is 0 Å². The highest BCUT2D eigenvalue weighted by molar-refractivity contribution is 7.80. The Morgan fingerprint density at radius 3 is 2.12 bits per heavy atom. The zero-order chi connectivity index (χ0) is 41.8. The van der Waals surface area contributed by atoms with Crippen molar-refractivity contribution in [2.75, 3.05) is 13.2 Å². The maximum absolute atomic E-state index is 12.2. The van der Waals surface area contributed by atoms with Crippen molar-refractivity contribution >= 4 is 10.4 Å². The number of fused-ring (bicyclic) bond motifs is 7. The van der Waals surface area contributed by atoms with Crippen molar-refractivity contribution in [3.05, 3.63) is 11.6 Å². The van der Waals surface area contributed by atoms with Gasteiger partial charge in [0.1, 0.15) is 36.6 Å². The Hall–Kier alpha value is -0.790. The average molecular weight is 831 g/mol. The molecule has 4 saturated carbocycles. The first-order chi connectivity index (χ1) is 26.5. The molecule has 0 aromatic carbocycles. The van der Waals surface area contributed by atoms with Gasteiger partial charge in [0.05, 0.1) is 25.4 Å². The van der Waals surface area contributed by atoms with E-state index in [1.165, 1.54) is 18.4 Å². The fourth-order valence-corrected chi connectivity index (χ4v) is 14.7. The normalized spacial score (nSPS) is 53.8. The number of rotatable bonds is 8. The zero-order valence-electron chi connectivity index (χ0n) is 35.0. The zero-order valence-corrected chi connectivity index (χ0v) is 35.8. The Balaban J connectivity index is 1.13. The second-order valence-corrected chi connectivity index (χ2v) is 21.7. The van der Waals surface area contributed by atoms with Crippen LogP contribution in [-0.2, 0) is 33.5 Å². The smallest absolute Gasteiger partial charge is 0.395 e. The van der Waals surface area contributed by atoms with Crippen LogP contribution in [0.4, 0.5) is 0 Å². The van der Waals surface area contributed by atoms with Crippen molar-refractivity contribution in [1.82, 2.24) is 0 Å². The first-order valence-electron chi connectivity index (χ1n) is 21.4. The molecule has 15 heteroatoms. The standard InChI is InChI=1S/C42H70O14S/c1-21-11-14-39(6)17-18-42(20-44)24(29(39)22(21)2)9-10-27-40(7)15-13-28(38(4,5)26(40)12-16-41(27,42)8)54-37-35(56-57(49,50)51)33(48)34(23(3)52-37)55-36-32(47)31(46)30(45)25(19-43)53-36/h9,21-23,25-37,43-48H,10-20H2,1-8H3,(H,49,50,51)/t21-,22+,23-,25-,26+,27-,28+,29+,30-,31+,32-,33+,34-,35-,36+,37+,39-,40+,41-,42+/m1/s1. The monoisotopic (exact) mass is 830 g/mol. The van der Waals surface area contributed by atoms with E-state index in [4.69, 9.17) is 23.1 Å². The summed E-state index contributed by atoms with van der Waals surface area (Å²) >= 11 is 0. The maximum Gasteiger partial charge on any atom is 0.397 e. The molecule has 0 radical (unpaired) electrons. The van der Waals surface area contributed by atoms with Gasteiger partial charge in [-0.15, -0.1) is 0 Å². The van der Waals surface area contributed by atoms with Gasteiger partial charge in [0.2, 0.25) is 0 Å². The van der Waals surface area contributed by atoms with Crippen molar-refractivity contribution in [1.29, 1.82) is 0 Å². The van der Waals surface area contributed by atoms with Crippen LogP contribution in [-0.4, -0.2) is 124 Å². The molecule has 2 heterocycles. The van der Waals surface area contributed by atoms with Gasteiger partial charge in [-0.2, -0.15) is 8.42 Å². The van der Waals surface area contributed by atoms with E-state index in [1.54, 1.807) is 6.92 Å². The van der Waals surface area contributed by atoms with Crippen molar-refractivity contribution in [2.45, 2.75) is 181 Å². The van der Waals surface area contributed by atoms with Gasteiger partial charge in [0, 0.05) is 5.41 Å². The Morgan fingerprint density at radius 2 is 1.47 bits per heavy atom. The number of aliphatic hydroxyl groups excluding tert-OH is 6. The molecular weight excluding hydrogens is 761 g/mol. The summed E-state index contributed by atoms with van der Waals surface area (Å²) in [5.41, 5.74) is 0.866. The fourth-order valence-electron chi connectivity index (χ4n) is 14.3. The lowest BCUT2D eigenvalue weighted by Gasteiger charge is -2.72. The molecule has 57 heavy (non-hydrogen) atoms. The fraction of sp³-hybridized carbons (Fsp3) is 0.952. The molecule has 328 valence electrons. The van der Waals surface area contributed by atoms with Gasteiger partial charge in [0.25, 0.3) is 0 Å². The highest BCUT2D eigenvalue weighted by Crippen LogP contribution is 2.76. The van der Waals surface area contributed by atoms with Crippen LogP contribution < -0.4 is 0 Å². The molecule has 7 rings (SSSR count). The molecule has 0 unspecified atom stereocenters. The van der Waals surface area contributed by atoms with Crippen LogP contribution in [0.1, 0.15) is 113 Å². The highest BCUT2D eigenvalue weighted by Gasteiger charge is 2.70. The molecule has 20 atom stereocenters. The minimum absolute atomic E-state index is 0.0955. The number of hydrogen-bond donors (Lipinski definition) is 7. The van der Waals surface area contributed by atoms with Crippen molar-refractivity contribution in [3.8, 4) is 0 Å². The molecular formula is C42H70O14S. The Kier molecular flexibility index (Phi) is 11.8. The van der Waals surface area contributed by atoms with E-state index in [2.05, 4.69) is 54.5 Å². The van der Waals surface area contributed by atoms with Crippen LogP contribution in [0.3, 0.4) is 0 Å². The summed E-state index contributed by atoms with van der Waals surface area (Å²) in [6, 6.07) is 0. The van der Waals surface area contributed by atoms with E-state index in [0.717, 1.165) is 38.5 Å². The molecule has 14 nitrogen and oxygen atoms in total. The summed E-state index contributed by atoms with van der Waals surface area (Å²) in [6.45, 7) is 17.6. The molecule has 7 N–H and O–H groups in total. The van der Waals surface area contributed by atoms with Crippen molar-refractivity contribution in [3.63, 3.8) is 0 Å². The summed E-state index contributed by atoms with van der Waals surface area (Å²) in [4.78, 5) is 0. The molecule has 0 amide bonds. The maximum atomic E-state index is 12.2. The van der Waals surface area contributed by atoms with E-state index in [0.29, 0.717) is 30.1 Å². The van der Waals surface area contributed by atoms with Gasteiger partial charge in [-0.3, -0.25) is 4.55 Å². The topological polar surface area (TPSA) is 222 Å². The summed E-state index contributed by atoms with van der Waals surface area (Å²) in [5, 5.41) is 63.9. The summed E-state index contributed by atoms with van der Waals surface area (Å²) in [6.07, 6.45) is -4.59. The summed E-state index contributed by atoms with van der Waals surface area (Å²) in [5.74, 6) is 2.20. The predicted octanol–water partition coefficient (Wildman–Crippen LogP) is 3.50. The number of hydrogen-bond acceptors (Lipinski definition) is 13. The van der Waals surface area contributed by atoms with Gasteiger partial charge in [-0.25, -0.2) is 4.18 Å². The summed E-state index contributed by atoms with van der Waals surface area (Å²) in [7, 11) is -5.15. The molecule has 0 spiro atoms. The average Bonchev–Trinajstić information content (AvgIpc) is 3.13. The first-order valence-corrected chi connectivity index (χ1v) is 22.8. The van der Waals surface area contributed by atoms with Crippen LogP contribution in [0.15, 0.2) is 11.6 Å². The number of ether oxygens (including phenoxy) is 4. The van der Waals surface area contributed by atoms with Gasteiger partial charge in [0.15, 0.2) is 18.7 Å². The lowest BCUT2D eigenvalue weighted by Crippen LogP contribution is -2.67. The van der Waals surface area contributed by atoms with Crippen LogP contribution in [0.5, 0.6) is 0 Å². The predicted molar refractivity (Wildman–Crippen MR) is 206 cm³/mol. The molecule has 0 aromatic rings. The van der Waals surface area contributed by atoms with Gasteiger partial charge in [-0.05, 0) is 116 Å². The number of aliphatic hydroxyl groups is 6.